The van der Waals surface area contributed by atoms with E-state index in [-0.39, 0.29) is 16.3 Å². The van der Waals surface area contributed by atoms with Crippen LogP contribution in [0.2, 0.25) is 0 Å². The summed E-state index contributed by atoms with van der Waals surface area (Å²) in [6.07, 6.45) is 2.65. The van der Waals surface area contributed by atoms with E-state index in [1.165, 1.54) is 18.3 Å². The van der Waals surface area contributed by atoms with Gasteiger partial charge in [-0.2, -0.15) is 0 Å². The highest BCUT2D eigenvalue weighted by Gasteiger charge is 2.14. The molecule has 0 fully saturated rings. The van der Waals surface area contributed by atoms with E-state index < -0.39 is 15.7 Å². The predicted octanol–water partition coefficient (Wildman–Crippen LogP) is 2.14. The van der Waals surface area contributed by atoms with Crippen LogP contribution >= 0.6 is 0 Å². The summed E-state index contributed by atoms with van der Waals surface area (Å²) in [6, 6.07) is 9.28. The minimum atomic E-state index is -3.33. The Morgan fingerprint density at radius 2 is 2.05 bits per heavy atom. The number of sulfone groups is 1. The van der Waals surface area contributed by atoms with E-state index >= 15 is 0 Å². The molecule has 22 heavy (non-hydrogen) atoms. The number of rotatable bonds is 5. The smallest absolute Gasteiger partial charge is 0.261 e. The number of pyridine rings is 1. The summed E-state index contributed by atoms with van der Waals surface area (Å²) in [6.45, 7) is 2.19. The Morgan fingerprint density at radius 1 is 1.27 bits per heavy atom. The van der Waals surface area contributed by atoms with E-state index in [9.17, 15) is 13.2 Å². The van der Waals surface area contributed by atoms with E-state index in [0.29, 0.717) is 12.3 Å². The minimum absolute atomic E-state index is 0.140. The van der Waals surface area contributed by atoms with Crippen molar-refractivity contribution in [3.63, 3.8) is 0 Å². The summed E-state index contributed by atoms with van der Waals surface area (Å²) < 4.78 is 28.4. The second-order valence-corrected chi connectivity index (χ2v) is 6.56. The molecule has 1 aromatic carbocycles. The highest BCUT2D eigenvalue weighted by atomic mass is 32.2. The van der Waals surface area contributed by atoms with Gasteiger partial charge in [-0.15, -0.1) is 0 Å². The molecule has 1 N–H and O–H groups in total. The van der Waals surface area contributed by atoms with Gasteiger partial charge in [0.1, 0.15) is 5.56 Å². The molecule has 1 aromatic heterocycles. The van der Waals surface area contributed by atoms with Crippen molar-refractivity contribution in [3.8, 4) is 5.88 Å². The van der Waals surface area contributed by atoms with Crippen LogP contribution in [0.3, 0.4) is 0 Å². The Hall–Kier alpha value is -2.41. The number of benzene rings is 1. The van der Waals surface area contributed by atoms with E-state index in [1.807, 2.05) is 0 Å². The van der Waals surface area contributed by atoms with Crippen LogP contribution < -0.4 is 10.1 Å². The molecule has 0 aliphatic rings. The maximum absolute atomic E-state index is 12.3. The number of ether oxygens (including phenoxy) is 1. The molecule has 2 rings (SSSR count). The van der Waals surface area contributed by atoms with E-state index in [1.54, 1.807) is 31.2 Å². The first-order chi connectivity index (χ1) is 10.4. The Bertz CT molecular complexity index is 788. The van der Waals surface area contributed by atoms with Crippen LogP contribution in [0.25, 0.3) is 0 Å². The standard InChI is InChI=1S/C15H16N2O4S/c1-3-21-15-13(8-5-9-16-15)14(18)17-11-6-4-7-12(10-11)22(2,19)20/h4-10H,3H2,1-2H3,(H,17,18). The van der Waals surface area contributed by atoms with Crippen LogP contribution in [0.4, 0.5) is 5.69 Å². The zero-order chi connectivity index (χ0) is 16.2. The predicted molar refractivity (Wildman–Crippen MR) is 82.9 cm³/mol. The van der Waals surface area contributed by atoms with Crippen molar-refractivity contribution in [2.75, 3.05) is 18.2 Å². The van der Waals surface area contributed by atoms with Crippen molar-refractivity contribution in [2.24, 2.45) is 0 Å². The monoisotopic (exact) mass is 320 g/mol. The van der Waals surface area contributed by atoms with E-state index in [4.69, 9.17) is 4.74 Å². The molecule has 7 heteroatoms. The van der Waals surface area contributed by atoms with Gasteiger partial charge in [0.25, 0.3) is 5.91 Å². The SMILES string of the molecule is CCOc1ncccc1C(=O)Nc1cccc(S(C)(=O)=O)c1. The van der Waals surface area contributed by atoms with Gasteiger partial charge in [0, 0.05) is 18.1 Å². The van der Waals surface area contributed by atoms with Gasteiger partial charge in [-0.3, -0.25) is 4.79 Å². The zero-order valence-corrected chi connectivity index (χ0v) is 13.1. The number of carbonyl (C=O) groups is 1. The minimum Gasteiger partial charge on any atom is -0.477 e. The second-order valence-electron chi connectivity index (χ2n) is 4.54. The fourth-order valence-electron chi connectivity index (χ4n) is 1.82. The zero-order valence-electron chi connectivity index (χ0n) is 12.2. The van der Waals surface area contributed by atoms with Crippen LogP contribution in [0.15, 0.2) is 47.5 Å². The molecule has 0 spiro atoms. The first-order valence-electron chi connectivity index (χ1n) is 6.61. The molecule has 0 aliphatic heterocycles. The van der Waals surface area contributed by atoms with Crippen molar-refractivity contribution in [1.29, 1.82) is 0 Å². The number of anilines is 1. The lowest BCUT2D eigenvalue weighted by atomic mass is 10.2. The van der Waals surface area contributed by atoms with Gasteiger partial charge in [0.05, 0.1) is 11.5 Å². The molecule has 0 bridgehead atoms. The summed E-state index contributed by atoms with van der Waals surface area (Å²) in [5, 5.41) is 2.65. The maximum atomic E-state index is 12.3. The third kappa shape index (κ3) is 3.82. The summed E-state index contributed by atoms with van der Waals surface area (Å²) in [4.78, 5) is 16.4. The molecule has 2 aromatic rings. The van der Waals surface area contributed by atoms with E-state index in [0.717, 1.165) is 6.26 Å². The van der Waals surface area contributed by atoms with Gasteiger partial charge in [-0.25, -0.2) is 13.4 Å². The normalized spacial score (nSPS) is 11.0. The first-order valence-corrected chi connectivity index (χ1v) is 8.50. The average molecular weight is 320 g/mol. The fourth-order valence-corrected chi connectivity index (χ4v) is 2.49. The summed E-state index contributed by atoms with van der Waals surface area (Å²) in [5.41, 5.74) is 0.674. The first kappa shape index (κ1) is 16.0. The molecule has 0 unspecified atom stereocenters. The van der Waals surface area contributed by atoms with Gasteiger partial charge < -0.3 is 10.1 Å². The number of aromatic nitrogens is 1. The Kier molecular flexibility index (Phi) is 4.77. The number of amides is 1. The highest BCUT2D eigenvalue weighted by molar-refractivity contribution is 7.90. The quantitative estimate of drug-likeness (QED) is 0.912. The molecule has 1 amide bonds. The molecule has 1 heterocycles. The molecular weight excluding hydrogens is 304 g/mol. The number of nitrogens with one attached hydrogen (secondary N) is 1. The number of carbonyl (C=O) groups excluding carboxylic acids is 1. The second kappa shape index (κ2) is 6.57. The van der Waals surface area contributed by atoms with Crippen LogP contribution in [0.5, 0.6) is 5.88 Å². The van der Waals surface area contributed by atoms with Gasteiger partial charge in [-0.05, 0) is 37.3 Å². The number of hydrogen-bond donors (Lipinski definition) is 1. The highest BCUT2D eigenvalue weighted by Crippen LogP contribution is 2.19. The van der Waals surface area contributed by atoms with Gasteiger partial charge >= 0.3 is 0 Å². The molecule has 0 aliphatic carbocycles. The van der Waals surface area contributed by atoms with Crippen molar-refractivity contribution >= 4 is 21.4 Å². The molecule has 0 radical (unpaired) electrons. The van der Waals surface area contributed by atoms with Crippen molar-refractivity contribution in [2.45, 2.75) is 11.8 Å². The lowest BCUT2D eigenvalue weighted by molar-refractivity contribution is 0.102. The van der Waals surface area contributed by atoms with Gasteiger partial charge in [-0.1, -0.05) is 6.07 Å². The molecule has 0 atom stereocenters. The lowest BCUT2D eigenvalue weighted by Crippen LogP contribution is -2.14. The Balaban J connectivity index is 2.26. The number of nitrogens with zero attached hydrogens (tertiary/aromatic N) is 1. The van der Waals surface area contributed by atoms with Crippen molar-refractivity contribution < 1.29 is 17.9 Å². The number of hydrogen-bond acceptors (Lipinski definition) is 5. The van der Waals surface area contributed by atoms with Crippen LogP contribution in [0, 0.1) is 0 Å². The van der Waals surface area contributed by atoms with Crippen LogP contribution in [0.1, 0.15) is 17.3 Å². The van der Waals surface area contributed by atoms with E-state index in [2.05, 4.69) is 10.3 Å². The Morgan fingerprint density at radius 3 is 2.73 bits per heavy atom. The average Bonchev–Trinajstić information content (AvgIpc) is 2.47. The third-order valence-corrected chi connectivity index (χ3v) is 3.93. The largest absolute Gasteiger partial charge is 0.477 e. The van der Waals surface area contributed by atoms with Crippen molar-refractivity contribution in [1.82, 2.24) is 4.98 Å². The fraction of sp³-hybridized carbons (Fsp3) is 0.200. The molecule has 0 saturated carbocycles. The lowest BCUT2D eigenvalue weighted by Gasteiger charge is -2.10. The molecular formula is C15H16N2O4S. The molecule has 116 valence electrons. The van der Waals surface area contributed by atoms with Crippen molar-refractivity contribution in [3.05, 3.63) is 48.2 Å². The van der Waals surface area contributed by atoms with Crippen LogP contribution in [-0.4, -0.2) is 32.2 Å². The Labute approximate surface area is 129 Å². The van der Waals surface area contributed by atoms with Gasteiger partial charge in [0.15, 0.2) is 9.84 Å². The molecule has 0 saturated heterocycles. The van der Waals surface area contributed by atoms with Gasteiger partial charge in [0.2, 0.25) is 5.88 Å². The molecule has 6 nitrogen and oxygen atoms in total. The van der Waals surface area contributed by atoms with Crippen LogP contribution in [-0.2, 0) is 9.84 Å². The summed E-state index contributed by atoms with van der Waals surface area (Å²) in [7, 11) is -3.33. The summed E-state index contributed by atoms with van der Waals surface area (Å²) in [5.74, 6) is -0.177. The topological polar surface area (TPSA) is 85.4 Å². The maximum Gasteiger partial charge on any atom is 0.261 e. The summed E-state index contributed by atoms with van der Waals surface area (Å²) >= 11 is 0. The third-order valence-electron chi connectivity index (χ3n) is 2.82.